The number of benzene rings is 1. The van der Waals surface area contributed by atoms with E-state index in [1.165, 1.54) is 0 Å². The van der Waals surface area contributed by atoms with Crippen LogP contribution in [0, 0.1) is 6.92 Å². The quantitative estimate of drug-likeness (QED) is 0.585. The van der Waals surface area contributed by atoms with Gasteiger partial charge in [0.2, 0.25) is 15.9 Å². The number of rotatable bonds is 6. The van der Waals surface area contributed by atoms with Crippen LogP contribution in [-0.4, -0.2) is 27.4 Å². The molecule has 0 aromatic heterocycles. The van der Waals surface area contributed by atoms with Gasteiger partial charge in [-0.2, -0.15) is 0 Å². The van der Waals surface area contributed by atoms with Gasteiger partial charge in [-0.05, 0) is 25.1 Å². The highest BCUT2D eigenvalue weighted by atomic mass is 32.2. The minimum atomic E-state index is -3.51. The summed E-state index contributed by atoms with van der Waals surface area (Å²) in [7, 11) is -3.51. The molecule has 1 aromatic rings. The molecule has 18 heavy (non-hydrogen) atoms. The molecule has 1 amide bonds. The summed E-state index contributed by atoms with van der Waals surface area (Å²) in [6.45, 7) is 5.53. The van der Waals surface area contributed by atoms with E-state index in [2.05, 4.69) is 16.6 Å². The lowest BCUT2D eigenvalue weighted by molar-refractivity contribution is -0.116. The summed E-state index contributed by atoms with van der Waals surface area (Å²) in [5.74, 6) is -0.329. The van der Waals surface area contributed by atoms with Crippen molar-refractivity contribution >= 4 is 15.9 Å². The van der Waals surface area contributed by atoms with Gasteiger partial charge in [0.05, 0.1) is 4.90 Å². The molecule has 0 saturated heterocycles. The van der Waals surface area contributed by atoms with Gasteiger partial charge in [-0.3, -0.25) is 4.79 Å². The van der Waals surface area contributed by atoms with Crippen LogP contribution in [0.4, 0.5) is 0 Å². The van der Waals surface area contributed by atoms with Crippen LogP contribution in [0.2, 0.25) is 0 Å². The van der Waals surface area contributed by atoms with E-state index in [1.54, 1.807) is 24.3 Å². The molecule has 0 atom stereocenters. The van der Waals surface area contributed by atoms with Gasteiger partial charge in [-0.15, -0.1) is 0 Å². The Morgan fingerprint density at radius 3 is 2.44 bits per heavy atom. The normalized spacial score (nSPS) is 10.9. The predicted molar refractivity (Wildman–Crippen MR) is 69.6 cm³/mol. The third-order valence-corrected chi connectivity index (χ3v) is 3.71. The molecule has 0 saturated carbocycles. The van der Waals surface area contributed by atoms with Crippen LogP contribution in [0.5, 0.6) is 0 Å². The molecule has 0 spiro atoms. The Hall–Kier alpha value is -1.66. The Morgan fingerprint density at radius 1 is 1.28 bits per heavy atom. The molecule has 0 heterocycles. The molecular weight excluding hydrogens is 252 g/mol. The Morgan fingerprint density at radius 2 is 1.89 bits per heavy atom. The predicted octanol–water partition coefficient (Wildman–Crippen LogP) is 0.576. The van der Waals surface area contributed by atoms with E-state index >= 15 is 0 Å². The van der Waals surface area contributed by atoms with Gasteiger partial charge in [0.1, 0.15) is 0 Å². The Balaban J connectivity index is 2.52. The topological polar surface area (TPSA) is 75.3 Å². The van der Waals surface area contributed by atoms with Crippen molar-refractivity contribution in [2.75, 3.05) is 13.1 Å². The second-order valence-electron chi connectivity index (χ2n) is 3.71. The van der Waals surface area contributed by atoms with Gasteiger partial charge in [0, 0.05) is 13.1 Å². The summed E-state index contributed by atoms with van der Waals surface area (Å²) in [4.78, 5) is 11.0. The Bertz CT molecular complexity index is 521. The van der Waals surface area contributed by atoms with E-state index in [1.807, 2.05) is 6.92 Å². The maximum absolute atomic E-state index is 11.8. The number of sulfonamides is 1. The lowest BCUT2D eigenvalue weighted by Crippen LogP contribution is -2.33. The zero-order chi connectivity index (χ0) is 13.6. The van der Waals surface area contributed by atoms with E-state index in [0.717, 1.165) is 11.6 Å². The molecule has 0 bridgehead atoms. The number of aryl methyl sites for hydroxylation is 1. The summed E-state index contributed by atoms with van der Waals surface area (Å²) in [5.41, 5.74) is 0.993. The number of hydrogen-bond donors (Lipinski definition) is 2. The van der Waals surface area contributed by atoms with Crippen molar-refractivity contribution < 1.29 is 13.2 Å². The summed E-state index contributed by atoms with van der Waals surface area (Å²) in [5, 5.41) is 2.48. The molecule has 5 nitrogen and oxygen atoms in total. The average Bonchev–Trinajstić information content (AvgIpc) is 2.35. The van der Waals surface area contributed by atoms with E-state index < -0.39 is 10.0 Å². The molecule has 0 aliphatic carbocycles. The molecular formula is C12H16N2O3S. The average molecular weight is 268 g/mol. The minimum absolute atomic E-state index is 0.135. The second-order valence-corrected chi connectivity index (χ2v) is 5.47. The van der Waals surface area contributed by atoms with Crippen LogP contribution in [0.25, 0.3) is 0 Å². The third kappa shape index (κ3) is 4.31. The van der Waals surface area contributed by atoms with Crippen LogP contribution in [0.1, 0.15) is 5.56 Å². The zero-order valence-electron chi connectivity index (χ0n) is 10.1. The summed E-state index contributed by atoms with van der Waals surface area (Å²) in [6.07, 6.45) is 1.13. The summed E-state index contributed by atoms with van der Waals surface area (Å²) >= 11 is 0. The van der Waals surface area contributed by atoms with Crippen LogP contribution < -0.4 is 10.0 Å². The minimum Gasteiger partial charge on any atom is -0.351 e. The fraction of sp³-hybridized carbons (Fsp3) is 0.250. The molecule has 98 valence electrons. The van der Waals surface area contributed by atoms with Gasteiger partial charge in [0.15, 0.2) is 0 Å². The van der Waals surface area contributed by atoms with Gasteiger partial charge in [-0.25, -0.2) is 13.1 Å². The number of carbonyl (C=O) groups is 1. The van der Waals surface area contributed by atoms with Crippen molar-refractivity contribution in [2.24, 2.45) is 0 Å². The van der Waals surface area contributed by atoms with Crippen molar-refractivity contribution in [3.05, 3.63) is 42.5 Å². The van der Waals surface area contributed by atoms with Crippen molar-refractivity contribution in [3.8, 4) is 0 Å². The van der Waals surface area contributed by atoms with Crippen LogP contribution >= 0.6 is 0 Å². The maximum atomic E-state index is 11.8. The molecule has 1 aromatic carbocycles. The monoisotopic (exact) mass is 268 g/mol. The van der Waals surface area contributed by atoms with Crippen molar-refractivity contribution in [3.63, 3.8) is 0 Å². The number of hydrogen-bond acceptors (Lipinski definition) is 3. The van der Waals surface area contributed by atoms with Gasteiger partial charge in [-0.1, -0.05) is 24.3 Å². The molecule has 0 aliphatic rings. The fourth-order valence-electron chi connectivity index (χ4n) is 1.24. The van der Waals surface area contributed by atoms with Crippen molar-refractivity contribution in [1.29, 1.82) is 0 Å². The smallest absolute Gasteiger partial charge is 0.243 e. The van der Waals surface area contributed by atoms with E-state index in [0.29, 0.717) is 0 Å². The van der Waals surface area contributed by atoms with Crippen molar-refractivity contribution in [1.82, 2.24) is 10.0 Å². The number of carbonyl (C=O) groups excluding carboxylic acids is 1. The van der Waals surface area contributed by atoms with Crippen LogP contribution in [0.15, 0.2) is 41.8 Å². The number of nitrogens with one attached hydrogen (secondary N) is 2. The molecule has 6 heteroatoms. The van der Waals surface area contributed by atoms with Crippen LogP contribution in [0.3, 0.4) is 0 Å². The zero-order valence-corrected chi connectivity index (χ0v) is 11.0. The van der Waals surface area contributed by atoms with Crippen molar-refractivity contribution in [2.45, 2.75) is 11.8 Å². The Kier molecular flexibility index (Phi) is 5.06. The van der Waals surface area contributed by atoms with E-state index in [9.17, 15) is 13.2 Å². The number of amides is 1. The first kappa shape index (κ1) is 14.4. The Labute approximate surface area is 107 Å². The first-order valence-corrected chi connectivity index (χ1v) is 6.90. The van der Waals surface area contributed by atoms with Gasteiger partial charge < -0.3 is 5.32 Å². The van der Waals surface area contributed by atoms with Gasteiger partial charge in [0.25, 0.3) is 0 Å². The van der Waals surface area contributed by atoms with E-state index in [4.69, 9.17) is 0 Å². The molecule has 0 aliphatic heterocycles. The van der Waals surface area contributed by atoms with E-state index in [-0.39, 0.29) is 23.9 Å². The highest BCUT2D eigenvalue weighted by molar-refractivity contribution is 7.89. The molecule has 0 fully saturated rings. The second kappa shape index (κ2) is 6.32. The molecule has 1 rings (SSSR count). The first-order valence-electron chi connectivity index (χ1n) is 5.42. The largest absolute Gasteiger partial charge is 0.351 e. The maximum Gasteiger partial charge on any atom is 0.243 e. The third-order valence-electron chi connectivity index (χ3n) is 2.23. The summed E-state index contributed by atoms with van der Waals surface area (Å²) in [6, 6.07) is 6.54. The molecule has 2 N–H and O–H groups in total. The first-order chi connectivity index (χ1) is 8.45. The highest BCUT2D eigenvalue weighted by Crippen LogP contribution is 2.09. The fourth-order valence-corrected chi connectivity index (χ4v) is 2.28. The molecule has 0 unspecified atom stereocenters. The van der Waals surface area contributed by atoms with Gasteiger partial charge >= 0.3 is 0 Å². The standard InChI is InChI=1S/C12H16N2O3S/c1-3-12(15)13-8-9-14-18(16,17)11-6-4-10(2)5-7-11/h3-7,14H,1,8-9H2,2H3,(H,13,15). The lowest BCUT2D eigenvalue weighted by atomic mass is 10.2. The summed E-state index contributed by atoms with van der Waals surface area (Å²) < 4.78 is 26.0. The highest BCUT2D eigenvalue weighted by Gasteiger charge is 2.12. The van der Waals surface area contributed by atoms with Crippen LogP contribution in [-0.2, 0) is 14.8 Å². The molecule has 0 radical (unpaired) electrons. The SMILES string of the molecule is C=CC(=O)NCCNS(=O)(=O)c1ccc(C)cc1. The lowest BCUT2D eigenvalue weighted by Gasteiger charge is -2.07.